The van der Waals surface area contributed by atoms with Gasteiger partial charge in [-0.25, -0.2) is 4.39 Å². The molecule has 0 bridgehead atoms. The van der Waals surface area contributed by atoms with Crippen LogP contribution >= 0.6 is 0 Å². The maximum Gasteiger partial charge on any atom is 0.128 e. The molecule has 86 valence electrons. The van der Waals surface area contributed by atoms with Crippen LogP contribution in [0.1, 0.15) is 37.4 Å². The maximum absolute atomic E-state index is 13.1. The summed E-state index contributed by atoms with van der Waals surface area (Å²) in [4.78, 5) is 0. The van der Waals surface area contributed by atoms with Crippen LogP contribution in [-0.4, -0.2) is 11.2 Å². The second kappa shape index (κ2) is 3.74. The van der Waals surface area contributed by atoms with Crippen LogP contribution in [-0.2, 0) is 0 Å². The van der Waals surface area contributed by atoms with Crippen LogP contribution in [0.5, 0.6) is 5.75 Å². The fourth-order valence-electron chi connectivity index (χ4n) is 2.54. The first-order chi connectivity index (χ1) is 7.74. The van der Waals surface area contributed by atoms with Crippen LogP contribution in [0.15, 0.2) is 18.2 Å². The molecule has 1 aromatic rings. The molecule has 0 aromatic heterocycles. The molecule has 1 heterocycles. The predicted molar refractivity (Wildman–Crippen MR) is 57.7 cm³/mol. The number of fused-ring (bicyclic) bond motifs is 1. The second-order valence-corrected chi connectivity index (χ2v) is 4.78. The third-order valence-electron chi connectivity index (χ3n) is 3.74. The molecule has 2 aliphatic rings. The number of hydrogen-bond donors (Lipinski definition) is 1. The zero-order valence-corrected chi connectivity index (χ0v) is 9.03. The van der Waals surface area contributed by atoms with Gasteiger partial charge in [0, 0.05) is 18.1 Å². The molecular weight excluding hydrogens is 207 g/mol. The topological polar surface area (TPSA) is 29.5 Å². The molecule has 16 heavy (non-hydrogen) atoms. The maximum atomic E-state index is 13.1. The zero-order valence-electron chi connectivity index (χ0n) is 9.03. The van der Waals surface area contributed by atoms with Crippen molar-refractivity contribution in [2.24, 2.45) is 5.92 Å². The van der Waals surface area contributed by atoms with E-state index >= 15 is 0 Å². The minimum Gasteiger partial charge on any atom is -0.490 e. The molecule has 0 spiro atoms. The van der Waals surface area contributed by atoms with Crippen molar-refractivity contribution < 1.29 is 14.2 Å². The molecule has 3 heteroatoms. The van der Waals surface area contributed by atoms with Gasteiger partial charge in [-0.1, -0.05) is 6.42 Å². The summed E-state index contributed by atoms with van der Waals surface area (Å²) in [5.74, 6) is 0.766. The van der Waals surface area contributed by atoms with Crippen molar-refractivity contribution in [3.63, 3.8) is 0 Å². The molecule has 2 nitrogen and oxygen atoms in total. The van der Waals surface area contributed by atoms with Crippen molar-refractivity contribution in [2.75, 3.05) is 0 Å². The van der Waals surface area contributed by atoms with E-state index < -0.39 is 6.10 Å². The van der Waals surface area contributed by atoms with Gasteiger partial charge in [0.1, 0.15) is 17.7 Å². The Labute approximate surface area is 94.0 Å². The molecule has 0 saturated heterocycles. The summed E-state index contributed by atoms with van der Waals surface area (Å²) in [6.45, 7) is 0. The number of rotatable bonds is 1. The van der Waals surface area contributed by atoms with Gasteiger partial charge >= 0.3 is 0 Å². The summed E-state index contributed by atoms with van der Waals surface area (Å²) in [5.41, 5.74) is 0.719. The molecule has 3 rings (SSSR count). The molecule has 1 aromatic carbocycles. The highest BCUT2D eigenvalue weighted by Gasteiger charge is 2.35. The molecule has 1 N–H and O–H groups in total. The average molecular weight is 222 g/mol. The second-order valence-electron chi connectivity index (χ2n) is 4.78. The summed E-state index contributed by atoms with van der Waals surface area (Å²) in [6.07, 6.45) is 3.79. The van der Waals surface area contributed by atoms with Crippen LogP contribution in [0.3, 0.4) is 0 Å². The molecule has 1 aliphatic heterocycles. The van der Waals surface area contributed by atoms with E-state index in [0.717, 1.165) is 5.56 Å². The van der Waals surface area contributed by atoms with E-state index in [1.54, 1.807) is 6.07 Å². The van der Waals surface area contributed by atoms with E-state index in [2.05, 4.69) is 0 Å². The van der Waals surface area contributed by atoms with E-state index in [-0.39, 0.29) is 11.9 Å². The predicted octanol–water partition coefficient (Wildman–Crippen LogP) is 2.81. The van der Waals surface area contributed by atoms with Gasteiger partial charge in [-0.05, 0) is 30.9 Å². The highest BCUT2D eigenvalue weighted by molar-refractivity contribution is 5.37. The van der Waals surface area contributed by atoms with Crippen LogP contribution in [0.4, 0.5) is 4.39 Å². The van der Waals surface area contributed by atoms with Crippen molar-refractivity contribution in [1.82, 2.24) is 0 Å². The Bertz CT molecular complexity index is 401. The minimum atomic E-state index is -0.505. The third-order valence-corrected chi connectivity index (χ3v) is 3.74. The smallest absolute Gasteiger partial charge is 0.128 e. The Hall–Kier alpha value is -1.09. The molecule has 1 saturated carbocycles. The first-order valence-electron chi connectivity index (χ1n) is 5.88. The molecular formula is C13H15FO2. The summed E-state index contributed by atoms with van der Waals surface area (Å²) >= 11 is 0. The van der Waals surface area contributed by atoms with E-state index in [4.69, 9.17) is 4.74 Å². The number of halogens is 1. The van der Waals surface area contributed by atoms with Crippen molar-refractivity contribution in [2.45, 2.75) is 37.9 Å². The standard InChI is InChI=1S/C13H15FO2/c14-9-4-5-10-11(15)7-12(8-2-1-3-8)16-13(10)6-9/h4-6,8,11-12,15H,1-3,7H2. The van der Waals surface area contributed by atoms with Gasteiger partial charge in [-0.2, -0.15) is 0 Å². The summed E-state index contributed by atoms with van der Waals surface area (Å²) in [6, 6.07) is 4.37. The number of benzene rings is 1. The van der Waals surface area contributed by atoms with Crippen LogP contribution in [0.2, 0.25) is 0 Å². The monoisotopic (exact) mass is 222 g/mol. The summed E-state index contributed by atoms with van der Waals surface area (Å²) in [5, 5.41) is 9.99. The number of hydrogen-bond acceptors (Lipinski definition) is 2. The lowest BCUT2D eigenvalue weighted by atomic mass is 9.78. The van der Waals surface area contributed by atoms with Gasteiger partial charge < -0.3 is 9.84 Å². The fourth-order valence-corrected chi connectivity index (χ4v) is 2.54. The zero-order chi connectivity index (χ0) is 11.1. The Morgan fingerprint density at radius 1 is 1.31 bits per heavy atom. The van der Waals surface area contributed by atoms with Crippen molar-refractivity contribution in [1.29, 1.82) is 0 Å². The molecule has 2 atom stereocenters. The van der Waals surface area contributed by atoms with Gasteiger partial charge in [0.15, 0.2) is 0 Å². The van der Waals surface area contributed by atoms with E-state index in [9.17, 15) is 9.50 Å². The molecule has 1 aliphatic carbocycles. The molecule has 0 radical (unpaired) electrons. The lowest BCUT2D eigenvalue weighted by Crippen LogP contribution is -2.36. The molecule has 1 fully saturated rings. The first kappa shape index (κ1) is 10.1. The van der Waals surface area contributed by atoms with Gasteiger partial charge in [0.05, 0.1) is 6.10 Å². The highest BCUT2D eigenvalue weighted by Crippen LogP contribution is 2.42. The summed E-state index contributed by atoms with van der Waals surface area (Å²) < 4.78 is 18.9. The van der Waals surface area contributed by atoms with Crippen LogP contribution in [0, 0.1) is 11.7 Å². The number of ether oxygens (including phenoxy) is 1. The average Bonchev–Trinajstić information content (AvgIpc) is 2.13. The normalized spacial score (nSPS) is 29.1. The Morgan fingerprint density at radius 2 is 2.12 bits per heavy atom. The Morgan fingerprint density at radius 3 is 2.81 bits per heavy atom. The summed E-state index contributed by atoms with van der Waals surface area (Å²) in [7, 11) is 0. The number of aliphatic hydroxyl groups is 1. The van der Waals surface area contributed by atoms with E-state index in [1.165, 1.54) is 31.4 Å². The largest absolute Gasteiger partial charge is 0.490 e. The van der Waals surface area contributed by atoms with Gasteiger partial charge in [-0.3, -0.25) is 0 Å². The molecule has 0 amide bonds. The van der Waals surface area contributed by atoms with Gasteiger partial charge in [0.2, 0.25) is 0 Å². The van der Waals surface area contributed by atoms with Gasteiger partial charge in [-0.15, -0.1) is 0 Å². The lowest BCUT2D eigenvalue weighted by Gasteiger charge is -2.38. The van der Waals surface area contributed by atoms with Crippen molar-refractivity contribution in [3.05, 3.63) is 29.6 Å². The van der Waals surface area contributed by atoms with Crippen molar-refractivity contribution in [3.8, 4) is 5.75 Å². The van der Waals surface area contributed by atoms with Gasteiger partial charge in [0.25, 0.3) is 0 Å². The van der Waals surface area contributed by atoms with E-state index in [1.807, 2.05) is 0 Å². The fraction of sp³-hybridized carbons (Fsp3) is 0.538. The number of aliphatic hydroxyl groups excluding tert-OH is 1. The highest BCUT2D eigenvalue weighted by atomic mass is 19.1. The van der Waals surface area contributed by atoms with Crippen LogP contribution < -0.4 is 4.74 Å². The Balaban J connectivity index is 1.88. The quantitative estimate of drug-likeness (QED) is 0.791. The lowest BCUT2D eigenvalue weighted by molar-refractivity contribution is 0.0103. The SMILES string of the molecule is OC1CC(C2CCC2)Oc2cc(F)ccc21. The Kier molecular flexibility index (Phi) is 2.36. The van der Waals surface area contributed by atoms with E-state index in [0.29, 0.717) is 18.1 Å². The minimum absolute atomic E-state index is 0.0676. The van der Waals surface area contributed by atoms with Crippen molar-refractivity contribution >= 4 is 0 Å². The third kappa shape index (κ3) is 1.59. The van der Waals surface area contributed by atoms with Crippen LogP contribution in [0.25, 0.3) is 0 Å². The first-order valence-corrected chi connectivity index (χ1v) is 5.88. The molecule has 2 unspecified atom stereocenters.